The van der Waals surface area contributed by atoms with Crippen LogP contribution >= 0.6 is 0 Å². The lowest BCUT2D eigenvalue weighted by molar-refractivity contribution is 0.641. The highest BCUT2D eigenvalue weighted by molar-refractivity contribution is 6.30. The van der Waals surface area contributed by atoms with Crippen molar-refractivity contribution in [2.75, 3.05) is 19.6 Å². The third-order valence-corrected chi connectivity index (χ3v) is 22.0. The van der Waals surface area contributed by atoms with Gasteiger partial charge in [0.2, 0.25) is 0 Å². The molecule has 0 atom stereocenters. The average Bonchev–Trinajstić information content (AvgIpc) is 0.722. The monoisotopic (exact) mass is 1310 g/mol. The largest absolute Gasteiger partial charge is 0.309 e. The Hall–Kier alpha value is -13.3. The number of hydrogen-bond donors (Lipinski definition) is 0. The van der Waals surface area contributed by atoms with Crippen LogP contribution in [-0.4, -0.2) is 0 Å². The SMILES string of the molecule is CC(C)(c1ccc(N(c2cccc3ccccc23)c2ccc3ccc4c(N(c5ccccc5)c5cccc6ccccc56)ccc5ccc2c3c54)cc1)c1ccc(N(c2cccc3ccccc23)c2ccc3ccc4c(N(c5ccccc5)c5cccc6ccccc56)ccc5ccc2c3c54)cc1. The molecule has 20 rings (SSSR count). The molecule has 0 saturated heterocycles. The molecule has 0 unspecified atom stereocenters. The number of para-hydroxylation sites is 2. The molecular formula is C99H68N4. The molecule has 0 N–H and O–H groups in total. The number of benzene rings is 20. The molecule has 0 spiro atoms. The van der Waals surface area contributed by atoms with Gasteiger partial charge in [-0.1, -0.05) is 293 Å². The predicted octanol–water partition coefficient (Wildman–Crippen LogP) is 28.3. The fourth-order valence-corrected chi connectivity index (χ4v) is 16.9. The molecule has 103 heavy (non-hydrogen) atoms. The van der Waals surface area contributed by atoms with Crippen LogP contribution < -0.4 is 19.6 Å². The van der Waals surface area contributed by atoms with E-state index in [1.165, 1.54) is 119 Å². The Morgan fingerprint density at radius 2 is 0.369 bits per heavy atom. The molecule has 0 aliphatic heterocycles. The average molecular weight is 1310 g/mol. The number of nitrogens with zero attached hydrogens (tertiary/aromatic N) is 4. The van der Waals surface area contributed by atoms with Crippen molar-refractivity contribution in [1.82, 2.24) is 0 Å². The van der Waals surface area contributed by atoms with Gasteiger partial charge in [-0.15, -0.1) is 0 Å². The van der Waals surface area contributed by atoms with Crippen LogP contribution in [0.3, 0.4) is 0 Å². The summed E-state index contributed by atoms with van der Waals surface area (Å²) < 4.78 is 0. The van der Waals surface area contributed by atoms with Gasteiger partial charge < -0.3 is 19.6 Å². The van der Waals surface area contributed by atoms with E-state index >= 15 is 0 Å². The summed E-state index contributed by atoms with van der Waals surface area (Å²) in [6.07, 6.45) is 0. The van der Waals surface area contributed by atoms with Crippen molar-refractivity contribution in [3.8, 4) is 0 Å². The molecule has 0 aliphatic carbocycles. The molecule has 0 aliphatic rings. The van der Waals surface area contributed by atoms with Gasteiger partial charge in [-0.2, -0.15) is 0 Å². The van der Waals surface area contributed by atoms with Gasteiger partial charge in [-0.25, -0.2) is 0 Å². The number of rotatable bonds is 14. The van der Waals surface area contributed by atoms with E-state index in [9.17, 15) is 0 Å². The first-order chi connectivity index (χ1) is 50.9. The van der Waals surface area contributed by atoms with Crippen molar-refractivity contribution in [2.45, 2.75) is 19.3 Å². The van der Waals surface area contributed by atoms with Crippen LogP contribution in [0.1, 0.15) is 25.0 Å². The van der Waals surface area contributed by atoms with Gasteiger partial charge >= 0.3 is 0 Å². The Labute approximate surface area is 598 Å². The third kappa shape index (κ3) is 9.67. The molecule has 0 fully saturated rings. The van der Waals surface area contributed by atoms with Crippen LogP contribution in [0.25, 0.3) is 108 Å². The van der Waals surface area contributed by atoms with Gasteiger partial charge in [0.1, 0.15) is 0 Å². The van der Waals surface area contributed by atoms with Gasteiger partial charge in [0.05, 0.1) is 45.5 Å². The zero-order valence-corrected chi connectivity index (χ0v) is 57.1. The third-order valence-electron chi connectivity index (χ3n) is 22.0. The van der Waals surface area contributed by atoms with E-state index in [1.54, 1.807) is 0 Å². The lowest BCUT2D eigenvalue weighted by Gasteiger charge is -2.32. The van der Waals surface area contributed by atoms with E-state index in [2.05, 4.69) is 410 Å². The molecule has 4 nitrogen and oxygen atoms in total. The molecule has 4 heteroatoms. The predicted molar refractivity (Wildman–Crippen MR) is 441 cm³/mol. The molecule has 0 aromatic heterocycles. The van der Waals surface area contributed by atoms with Gasteiger partial charge in [-0.3, -0.25) is 0 Å². The topological polar surface area (TPSA) is 13.0 Å². The summed E-state index contributed by atoms with van der Waals surface area (Å²) in [6, 6.07) is 140. The fourth-order valence-electron chi connectivity index (χ4n) is 16.9. The van der Waals surface area contributed by atoms with Crippen LogP contribution in [0.15, 0.2) is 376 Å². The molecule has 0 saturated carbocycles. The van der Waals surface area contributed by atoms with Crippen molar-refractivity contribution in [2.24, 2.45) is 0 Å². The normalized spacial score (nSPS) is 12.0. The molecule has 0 radical (unpaired) electrons. The molecule has 484 valence electrons. The summed E-state index contributed by atoms with van der Waals surface area (Å²) in [5.41, 5.74) is 15.5. The van der Waals surface area contributed by atoms with Crippen LogP contribution in [0, 0.1) is 0 Å². The maximum Gasteiger partial charge on any atom is 0.0540 e. The first-order valence-corrected chi connectivity index (χ1v) is 35.7. The van der Waals surface area contributed by atoms with Gasteiger partial charge in [0, 0.05) is 71.3 Å². The molecule has 0 bridgehead atoms. The van der Waals surface area contributed by atoms with Crippen LogP contribution in [0.4, 0.5) is 68.2 Å². The molecular weight excluding hydrogens is 1250 g/mol. The second-order valence-corrected chi connectivity index (χ2v) is 27.9. The second kappa shape index (κ2) is 24.0. The summed E-state index contributed by atoms with van der Waals surface area (Å²) >= 11 is 0. The number of anilines is 12. The van der Waals surface area contributed by atoms with Gasteiger partial charge in [0.15, 0.2) is 0 Å². The highest BCUT2D eigenvalue weighted by Crippen LogP contribution is 2.53. The zero-order valence-electron chi connectivity index (χ0n) is 57.1. The summed E-state index contributed by atoms with van der Waals surface area (Å²) in [7, 11) is 0. The van der Waals surface area contributed by atoms with E-state index in [0.717, 1.165) is 68.2 Å². The highest BCUT2D eigenvalue weighted by atomic mass is 15.2. The first-order valence-electron chi connectivity index (χ1n) is 35.7. The quantitative estimate of drug-likeness (QED) is 0.101. The van der Waals surface area contributed by atoms with Crippen molar-refractivity contribution in [1.29, 1.82) is 0 Å². The van der Waals surface area contributed by atoms with E-state index in [-0.39, 0.29) is 5.41 Å². The molecule has 0 heterocycles. The summed E-state index contributed by atoms with van der Waals surface area (Å²) in [4.78, 5) is 9.90. The smallest absolute Gasteiger partial charge is 0.0540 e. The van der Waals surface area contributed by atoms with E-state index in [4.69, 9.17) is 0 Å². The van der Waals surface area contributed by atoms with Crippen molar-refractivity contribution >= 4 is 176 Å². The summed E-state index contributed by atoms with van der Waals surface area (Å²) in [5, 5.41) is 24.2. The van der Waals surface area contributed by atoms with Crippen LogP contribution in [0.2, 0.25) is 0 Å². The van der Waals surface area contributed by atoms with Crippen molar-refractivity contribution in [3.63, 3.8) is 0 Å². The Morgan fingerprint density at radius 1 is 0.155 bits per heavy atom. The first kappa shape index (κ1) is 59.7. The van der Waals surface area contributed by atoms with E-state index in [0.29, 0.717) is 0 Å². The lowest BCUT2D eigenvalue weighted by atomic mass is 9.78. The second-order valence-electron chi connectivity index (χ2n) is 27.9. The lowest BCUT2D eigenvalue weighted by Crippen LogP contribution is -2.19. The number of hydrogen-bond acceptors (Lipinski definition) is 4. The fraction of sp³-hybridized carbons (Fsp3) is 0.0303. The minimum Gasteiger partial charge on any atom is -0.309 e. The molecule has 20 aromatic carbocycles. The Kier molecular flexibility index (Phi) is 13.9. The Balaban J connectivity index is 0.697. The highest BCUT2D eigenvalue weighted by Gasteiger charge is 2.29. The standard InChI is InChI=1S/C99H68N4/c1-99(2,73-49-53-77(54-50-73)102(89-39-19-27-67-23-11-15-35-81(67)89)93-63-47-71-41-57-83-91(61-45-69-43-59-85(93)97(71)95(69)83)100(75-29-5-3-6-30-75)87-37-17-25-65-21-9-13-33-79(65)87)74-51-55-78(56-52-74)103(90-40-20-28-68-24-12-16-36-82(68)90)94-64-48-72-42-58-84-92(62-46-70-44-60-86(94)98(72)96(70)84)101(76-31-7-4-8-32-76)88-38-18-26-66-22-10-14-34-80(66)88/h3-64H,1-2H3. The number of fused-ring (bicyclic) bond motifs is 4. The Morgan fingerprint density at radius 3 is 0.641 bits per heavy atom. The molecule has 0 amide bonds. The van der Waals surface area contributed by atoms with Crippen molar-refractivity contribution < 1.29 is 0 Å². The van der Waals surface area contributed by atoms with Crippen LogP contribution in [0.5, 0.6) is 0 Å². The van der Waals surface area contributed by atoms with Crippen LogP contribution in [-0.2, 0) is 5.41 Å². The van der Waals surface area contributed by atoms with E-state index in [1.807, 2.05) is 0 Å². The summed E-state index contributed by atoms with van der Waals surface area (Å²) in [5.74, 6) is 0. The zero-order chi connectivity index (χ0) is 68.3. The Bertz CT molecular complexity index is 6240. The minimum atomic E-state index is -0.375. The minimum absolute atomic E-state index is 0.375. The summed E-state index contributed by atoms with van der Waals surface area (Å²) in [6.45, 7) is 4.73. The molecule has 20 aromatic rings. The maximum absolute atomic E-state index is 2.50. The van der Waals surface area contributed by atoms with E-state index < -0.39 is 0 Å². The van der Waals surface area contributed by atoms with Gasteiger partial charge in [0.25, 0.3) is 0 Å². The van der Waals surface area contributed by atoms with Crippen molar-refractivity contribution in [3.05, 3.63) is 387 Å². The van der Waals surface area contributed by atoms with Gasteiger partial charge in [-0.05, 0) is 173 Å². The maximum atomic E-state index is 2.50.